The van der Waals surface area contributed by atoms with E-state index in [2.05, 4.69) is 61.6 Å². The van der Waals surface area contributed by atoms with Crippen molar-refractivity contribution < 1.29 is 14.5 Å². The van der Waals surface area contributed by atoms with Crippen LogP contribution in [0.3, 0.4) is 0 Å². The lowest BCUT2D eigenvalue weighted by Gasteiger charge is -2.08. The number of benzene rings is 2. The van der Waals surface area contributed by atoms with Gasteiger partial charge in [0.15, 0.2) is 0 Å². The molecule has 2 aromatic rings. The van der Waals surface area contributed by atoms with Crippen molar-refractivity contribution >= 4 is 63.0 Å². The lowest BCUT2D eigenvalue weighted by atomic mass is 10.1. The number of halogens is 2. The Morgan fingerprint density at radius 2 is 2.00 bits per heavy atom. The highest BCUT2D eigenvalue weighted by atomic mass is 127. The highest BCUT2D eigenvalue weighted by molar-refractivity contribution is 14.1. The summed E-state index contributed by atoms with van der Waals surface area (Å²) in [6.45, 7) is 0.182. The van der Waals surface area contributed by atoms with Gasteiger partial charge in [0, 0.05) is 11.6 Å². The lowest BCUT2D eigenvalue weighted by molar-refractivity contribution is -0.385. The topological polar surface area (TPSA) is 93.8 Å². The molecule has 2 aromatic carbocycles. The first-order valence-corrected chi connectivity index (χ1v) is 9.67. The van der Waals surface area contributed by atoms with Gasteiger partial charge in [-0.05, 0) is 62.9 Å². The van der Waals surface area contributed by atoms with Gasteiger partial charge in [-0.15, -0.1) is 6.42 Å². The van der Waals surface area contributed by atoms with Gasteiger partial charge in [0.1, 0.15) is 12.4 Å². The molecule has 138 valence electrons. The van der Waals surface area contributed by atoms with Gasteiger partial charge in [-0.25, -0.2) is 5.43 Å². The molecule has 0 bridgehead atoms. The van der Waals surface area contributed by atoms with Crippen LogP contribution in [0.1, 0.15) is 11.1 Å². The number of nitrogens with one attached hydrogen (secondary N) is 1. The Labute approximate surface area is 183 Å². The average molecular weight is 589 g/mol. The van der Waals surface area contributed by atoms with Crippen LogP contribution in [0.4, 0.5) is 5.69 Å². The second-order valence-electron chi connectivity index (χ2n) is 5.16. The zero-order chi connectivity index (χ0) is 19.8. The molecule has 0 saturated heterocycles. The Morgan fingerprint density at radius 3 is 2.63 bits per heavy atom. The maximum atomic E-state index is 12.0. The number of amides is 1. The fraction of sp³-hybridized carbons (Fsp3) is 0.111. The molecule has 9 heteroatoms. The third kappa shape index (κ3) is 6.17. The van der Waals surface area contributed by atoms with Crippen molar-refractivity contribution in [3.63, 3.8) is 0 Å². The molecule has 0 fully saturated rings. The number of nitro benzene ring substituents is 1. The standard InChI is InChI=1S/C18H13I2N3O4/c1-2-7-27-18-14(19)8-12(9-15(18)20)11-21-22-17(24)10-13-5-3-4-6-16(13)23(25)26/h1,3-6,8-9,11H,7,10H2,(H,22,24)/b21-11+. The number of hydrogen-bond donors (Lipinski definition) is 1. The van der Waals surface area contributed by atoms with E-state index < -0.39 is 10.8 Å². The molecule has 0 radical (unpaired) electrons. The zero-order valence-corrected chi connectivity index (χ0v) is 18.1. The number of terminal acetylenes is 1. The molecular formula is C18H13I2N3O4. The number of hydrazone groups is 1. The molecule has 0 unspecified atom stereocenters. The molecule has 0 atom stereocenters. The van der Waals surface area contributed by atoms with E-state index in [-0.39, 0.29) is 18.7 Å². The average Bonchev–Trinajstić information content (AvgIpc) is 2.61. The Morgan fingerprint density at radius 1 is 1.33 bits per heavy atom. The molecule has 1 amide bonds. The van der Waals surface area contributed by atoms with Crippen LogP contribution >= 0.6 is 45.2 Å². The Bertz CT molecular complexity index is 915. The minimum absolute atomic E-state index is 0.0942. The van der Waals surface area contributed by atoms with Crippen molar-refractivity contribution in [2.24, 2.45) is 5.10 Å². The zero-order valence-electron chi connectivity index (χ0n) is 13.8. The van der Waals surface area contributed by atoms with E-state index in [4.69, 9.17) is 11.2 Å². The first-order valence-electron chi connectivity index (χ1n) is 7.52. The number of rotatable bonds is 7. The molecule has 0 aliphatic rings. The number of para-hydroxylation sites is 1. The van der Waals surface area contributed by atoms with E-state index >= 15 is 0 Å². The Hall–Kier alpha value is -2.20. The van der Waals surface area contributed by atoms with Crippen molar-refractivity contribution in [3.8, 4) is 18.1 Å². The summed E-state index contributed by atoms with van der Waals surface area (Å²) >= 11 is 4.26. The fourth-order valence-corrected chi connectivity index (χ4v) is 4.26. The number of nitro groups is 1. The van der Waals surface area contributed by atoms with E-state index in [0.29, 0.717) is 11.3 Å². The highest BCUT2D eigenvalue weighted by Gasteiger charge is 2.15. The Kier molecular flexibility index (Phi) is 7.99. The van der Waals surface area contributed by atoms with Crippen molar-refractivity contribution in [1.82, 2.24) is 5.43 Å². The monoisotopic (exact) mass is 589 g/mol. The largest absolute Gasteiger partial charge is 0.479 e. The van der Waals surface area contributed by atoms with Gasteiger partial charge in [-0.3, -0.25) is 14.9 Å². The van der Waals surface area contributed by atoms with Crippen LogP contribution < -0.4 is 10.2 Å². The second-order valence-corrected chi connectivity index (χ2v) is 7.49. The second kappa shape index (κ2) is 10.2. The number of ether oxygens (including phenoxy) is 1. The SMILES string of the molecule is C#CCOc1c(I)cc(/C=N/NC(=O)Cc2ccccc2[N+](=O)[O-])cc1I. The van der Waals surface area contributed by atoms with Crippen LogP contribution in [-0.2, 0) is 11.2 Å². The van der Waals surface area contributed by atoms with Gasteiger partial charge >= 0.3 is 0 Å². The number of hydrogen-bond acceptors (Lipinski definition) is 5. The molecule has 27 heavy (non-hydrogen) atoms. The number of nitrogens with zero attached hydrogens (tertiary/aromatic N) is 2. The van der Waals surface area contributed by atoms with Gasteiger partial charge in [-0.2, -0.15) is 5.10 Å². The summed E-state index contributed by atoms with van der Waals surface area (Å²) < 4.78 is 7.22. The predicted octanol–water partition coefficient (Wildman–Crippen LogP) is 3.51. The van der Waals surface area contributed by atoms with E-state index in [1.54, 1.807) is 18.2 Å². The van der Waals surface area contributed by atoms with Gasteiger partial charge in [0.2, 0.25) is 5.91 Å². The first kappa shape index (κ1) is 21.1. The molecule has 0 heterocycles. The van der Waals surface area contributed by atoms with Gasteiger partial charge in [-0.1, -0.05) is 24.1 Å². The molecule has 2 rings (SSSR count). The summed E-state index contributed by atoms with van der Waals surface area (Å²) in [6, 6.07) is 9.78. The molecule has 0 spiro atoms. The van der Waals surface area contributed by atoms with Gasteiger partial charge in [0.05, 0.1) is 24.7 Å². The summed E-state index contributed by atoms with van der Waals surface area (Å²) in [6.07, 6.45) is 6.56. The molecule has 7 nitrogen and oxygen atoms in total. The first-order chi connectivity index (χ1) is 12.9. The van der Waals surface area contributed by atoms with Crippen LogP contribution in [-0.4, -0.2) is 23.7 Å². The number of carbonyl (C=O) groups is 1. The maximum Gasteiger partial charge on any atom is 0.273 e. The van der Waals surface area contributed by atoms with Crippen molar-refractivity contribution in [2.75, 3.05) is 6.61 Å². The number of carbonyl (C=O) groups excluding carboxylic acids is 1. The summed E-state index contributed by atoms with van der Waals surface area (Å²) in [5.74, 6) is 2.67. The maximum absolute atomic E-state index is 12.0. The summed E-state index contributed by atoms with van der Waals surface area (Å²) in [5.41, 5.74) is 3.38. The van der Waals surface area contributed by atoms with Crippen LogP contribution in [0.15, 0.2) is 41.5 Å². The predicted molar refractivity (Wildman–Crippen MR) is 119 cm³/mol. The quantitative estimate of drug-likeness (QED) is 0.176. The third-order valence-corrected chi connectivity index (χ3v) is 4.87. The summed E-state index contributed by atoms with van der Waals surface area (Å²) in [7, 11) is 0. The van der Waals surface area contributed by atoms with Crippen molar-refractivity contribution in [3.05, 3.63) is 64.8 Å². The smallest absolute Gasteiger partial charge is 0.273 e. The van der Waals surface area contributed by atoms with Gasteiger partial charge < -0.3 is 4.74 Å². The third-order valence-electron chi connectivity index (χ3n) is 3.26. The van der Waals surface area contributed by atoms with E-state index in [1.807, 2.05) is 12.1 Å². The minimum atomic E-state index is -0.514. The molecule has 0 aliphatic carbocycles. The van der Waals surface area contributed by atoms with Gasteiger partial charge in [0.25, 0.3) is 5.69 Å². The molecule has 0 aliphatic heterocycles. The van der Waals surface area contributed by atoms with E-state index in [9.17, 15) is 14.9 Å². The van der Waals surface area contributed by atoms with Crippen LogP contribution in [0.25, 0.3) is 0 Å². The minimum Gasteiger partial charge on any atom is -0.479 e. The van der Waals surface area contributed by atoms with Crippen molar-refractivity contribution in [2.45, 2.75) is 6.42 Å². The molecule has 1 N–H and O–H groups in total. The molecule has 0 saturated carbocycles. The van der Waals surface area contributed by atoms with Crippen LogP contribution in [0.2, 0.25) is 0 Å². The normalized spacial score (nSPS) is 10.4. The van der Waals surface area contributed by atoms with Crippen molar-refractivity contribution in [1.29, 1.82) is 0 Å². The van der Waals surface area contributed by atoms with Crippen LogP contribution in [0.5, 0.6) is 5.75 Å². The molecule has 0 aromatic heterocycles. The van der Waals surface area contributed by atoms with Crippen LogP contribution in [0, 0.1) is 29.6 Å². The highest BCUT2D eigenvalue weighted by Crippen LogP contribution is 2.28. The van der Waals surface area contributed by atoms with E-state index in [1.165, 1.54) is 12.3 Å². The lowest BCUT2D eigenvalue weighted by Crippen LogP contribution is -2.20. The summed E-state index contributed by atoms with van der Waals surface area (Å²) in [5, 5.41) is 14.9. The molecular weight excluding hydrogens is 576 g/mol. The van der Waals surface area contributed by atoms with E-state index in [0.717, 1.165) is 12.7 Å². The fourth-order valence-electron chi connectivity index (χ4n) is 2.14. The summed E-state index contributed by atoms with van der Waals surface area (Å²) in [4.78, 5) is 22.5. The Balaban J connectivity index is 2.02.